The normalized spacial score (nSPS) is 24.7. The average Bonchev–Trinajstić information content (AvgIpc) is 2.88. The number of aromatic nitrogens is 3. The maximum atomic E-state index is 15.1. The number of hydrogen-bond donors (Lipinski definition) is 2. The summed E-state index contributed by atoms with van der Waals surface area (Å²) in [6.45, 7) is 11.6. The Morgan fingerprint density at radius 1 is 1.13 bits per heavy atom. The number of benzene rings is 1. The molecule has 204 valence electrons. The molecule has 2 N–H and O–H groups in total. The Bertz CT molecular complexity index is 1300. The van der Waals surface area contributed by atoms with Gasteiger partial charge in [0, 0.05) is 42.4 Å². The van der Waals surface area contributed by atoms with E-state index in [1.807, 2.05) is 12.3 Å². The standard InChI is InChI=1S/C28H35ClFN5O3/c1-15(2)26-18(11-35-16(3)12-38-13-17(35)4)9-31-24-8-21(29)19(7-20(24)26)27-22(30)10-32-28(34-27)33-23-5-6-37-14-25(23)36/h7-10,15-17,23,25,36H,5-6,11-14H2,1-4H3,(H,32,33,34)/t16-,17+,23-,25-/m1/s1. The van der Waals surface area contributed by atoms with Crippen molar-refractivity contribution in [2.45, 2.75) is 70.8 Å². The molecule has 2 fully saturated rings. The molecule has 0 unspecified atom stereocenters. The molecule has 10 heteroatoms. The van der Waals surface area contributed by atoms with Crippen molar-refractivity contribution in [1.82, 2.24) is 19.9 Å². The molecule has 0 radical (unpaired) electrons. The van der Waals surface area contributed by atoms with Gasteiger partial charge < -0.3 is 19.9 Å². The molecular formula is C28H35ClFN5O3. The summed E-state index contributed by atoms with van der Waals surface area (Å²) in [6.07, 6.45) is 2.98. The first-order valence-electron chi connectivity index (χ1n) is 13.2. The van der Waals surface area contributed by atoms with Crippen molar-refractivity contribution >= 4 is 28.5 Å². The quantitative estimate of drug-likeness (QED) is 0.459. The van der Waals surface area contributed by atoms with E-state index in [1.165, 1.54) is 0 Å². The molecule has 4 heterocycles. The molecule has 2 saturated heterocycles. The van der Waals surface area contributed by atoms with Crippen LogP contribution in [0.3, 0.4) is 0 Å². The second-order valence-corrected chi connectivity index (χ2v) is 11.1. The van der Waals surface area contributed by atoms with Crippen molar-refractivity contribution in [2.75, 3.05) is 31.7 Å². The number of anilines is 1. The Morgan fingerprint density at radius 3 is 2.61 bits per heavy atom. The molecule has 0 aliphatic carbocycles. The summed E-state index contributed by atoms with van der Waals surface area (Å²) in [5.74, 6) is -0.135. The smallest absolute Gasteiger partial charge is 0.223 e. The molecule has 38 heavy (non-hydrogen) atoms. The lowest BCUT2D eigenvalue weighted by atomic mass is 9.92. The van der Waals surface area contributed by atoms with Gasteiger partial charge in [0.1, 0.15) is 5.69 Å². The fourth-order valence-corrected chi connectivity index (χ4v) is 5.74. The van der Waals surface area contributed by atoms with Crippen LogP contribution in [0.1, 0.15) is 51.2 Å². The van der Waals surface area contributed by atoms with Gasteiger partial charge in [-0.25, -0.2) is 14.4 Å². The van der Waals surface area contributed by atoms with Crippen molar-refractivity contribution in [3.8, 4) is 11.3 Å². The summed E-state index contributed by atoms with van der Waals surface area (Å²) in [6, 6.07) is 3.99. The minimum atomic E-state index is -0.694. The summed E-state index contributed by atoms with van der Waals surface area (Å²) in [5, 5.41) is 14.7. The number of pyridine rings is 1. The predicted octanol–water partition coefficient (Wildman–Crippen LogP) is 4.78. The van der Waals surface area contributed by atoms with Crippen LogP contribution in [0.2, 0.25) is 5.02 Å². The largest absolute Gasteiger partial charge is 0.389 e. The van der Waals surface area contributed by atoms with E-state index >= 15 is 4.39 Å². The van der Waals surface area contributed by atoms with Gasteiger partial charge in [0.25, 0.3) is 0 Å². The van der Waals surface area contributed by atoms with Gasteiger partial charge in [-0.3, -0.25) is 9.88 Å². The first kappa shape index (κ1) is 27.1. The van der Waals surface area contributed by atoms with Crippen molar-refractivity contribution in [1.29, 1.82) is 0 Å². The molecule has 0 amide bonds. The summed E-state index contributed by atoms with van der Waals surface area (Å²) in [7, 11) is 0. The van der Waals surface area contributed by atoms with Crippen LogP contribution < -0.4 is 5.32 Å². The number of ether oxygens (including phenoxy) is 2. The minimum Gasteiger partial charge on any atom is -0.389 e. The number of aliphatic hydroxyl groups excluding tert-OH is 1. The van der Waals surface area contributed by atoms with Crippen LogP contribution in [0.4, 0.5) is 10.3 Å². The molecule has 0 saturated carbocycles. The SMILES string of the molecule is CC(C)c1c(CN2[C@H](C)COC[C@@H]2C)cnc2cc(Cl)c(-c3nc(N[C@@H]4CCOC[C@H]4O)ncc3F)cc12. The number of halogens is 2. The minimum absolute atomic E-state index is 0.103. The molecule has 0 bridgehead atoms. The van der Waals surface area contributed by atoms with Gasteiger partial charge in [0.15, 0.2) is 5.82 Å². The third-order valence-corrected chi connectivity index (χ3v) is 7.81. The fraction of sp³-hybridized carbons (Fsp3) is 0.536. The zero-order chi connectivity index (χ0) is 27.0. The Kier molecular flexibility index (Phi) is 8.11. The van der Waals surface area contributed by atoms with Crippen molar-refractivity contribution in [3.05, 3.63) is 46.5 Å². The van der Waals surface area contributed by atoms with E-state index in [0.717, 1.165) is 34.8 Å². The number of morpholine rings is 1. The van der Waals surface area contributed by atoms with E-state index in [2.05, 4.69) is 47.9 Å². The van der Waals surface area contributed by atoms with Gasteiger partial charge >= 0.3 is 0 Å². The van der Waals surface area contributed by atoms with E-state index in [-0.39, 0.29) is 30.2 Å². The lowest BCUT2D eigenvalue weighted by molar-refractivity contribution is -0.0411. The molecule has 2 aromatic heterocycles. The molecule has 2 aliphatic rings. The van der Waals surface area contributed by atoms with Crippen LogP contribution in [-0.4, -0.2) is 75.6 Å². The van der Waals surface area contributed by atoms with Crippen molar-refractivity contribution in [2.24, 2.45) is 0 Å². The van der Waals surface area contributed by atoms with Crippen LogP contribution in [0.25, 0.3) is 22.2 Å². The van der Waals surface area contributed by atoms with E-state index in [1.54, 1.807) is 6.07 Å². The highest BCUT2D eigenvalue weighted by Crippen LogP contribution is 2.37. The first-order chi connectivity index (χ1) is 18.2. The topological polar surface area (TPSA) is 92.6 Å². The molecule has 0 spiro atoms. The third kappa shape index (κ3) is 5.49. The van der Waals surface area contributed by atoms with Crippen molar-refractivity contribution in [3.63, 3.8) is 0 Å². The second kappa shape index (κ2) is 11.4. The van der Waals surface area contributed by atoms with E-state index in [0.29, 0.717) is 48.9 Å². The van der Waals surface area contributed by atoms with Crippen LogP contribution in [-0.2, 0) is 16.0 Å². The van der Waals surface area contributed by atoms with E-state index in [4.69, 9.17) is 26.1 Å². The van der Waals surface area contributed by atoms with Gasteiger partial charge in [-0.15, -0.1) is 0 Å². The molecule has 4 atom stereocenters. The van der Waals surface area contributed by atoms with Crippen LogP contribution in [0.5, 0.6) is 0 Å². The highest BCUT2D eigenvalue weighted by molar-refractivity contribution is 6.34. The molecule has 1 aromatic carbocycles. The Balaban J connectivity index is 1.55. The monoisotopic (exact) mass is 543 g/mol. The summed E-state index contributed by atoms with van der Waals surface area (Å²) >= 11 is 6.68. The maximum absolute atomic E-state index is 15.1. The van der Waals surface area contributed by atoms with Gasteiger partial charge in [-0.1, -0.05) is 25.4 Å². The summed E-state index contributed by atoms with van der Waals surface area (Å²) in [5.41, 5.74) is 3.64. The van der Waals surface area contributed by atoms with Gasteiger partial charge in [0.2, 0.25) is 5.95 Å². The van der Waals surface area contributed by atoms with Gasteiger partial charge in [-0.2, -0.15) is 0 Å². The Morgan fingerprint density at radius 2 is 1.89 bits per heavy atom. The summed E-state index contributed by atoms with van der Waals surface area (Å²) in [4.78, 5) is 15.8. The molecule has 5 rings (SSSR count). The molecular weight excluding hydrogens is 509 g/mol. The number of aliphatic hydroxyl groups is 1. The highest BCUT2D eigenvalue weighted by atomic mass is 35.5. The fourth-order valence-electron chi connectivity index (χ4n) is 5.49. The Labute approximate surface area is 227 Å². The lowest BCUT2D eigenvalue weighted by Gasteiger charge is -2.39. The number of hydrogen-bond acceptors (Lipinski definition) is 8. The van der Waals surface area contributed by atoms with E-state index < -0.39 is 11.9 Å². The third-order valence-electron chi connectivity index (χ3n) is 7.50. The van der Waals surface area contributed by atoms with Gasteiger partial charge in [-0.05, 0) is 49.4 Å². The number of nitrogens with zero attached hydrogens (tertiary/aromatic N) is 4. The highest BCUT2D eigenvalue weighted by Gasteiger charge is 2.28. The maximum Gasteiger partial charge on any atom is 0.223 e. The number of fused-ring (bicyclic) bond motifs is 1. The number of rotatable bonds is 6. The zero-order valence-electron chi connectivity index (χ0n) is 22.2. The van der Waals surface area contributed by atoms with Crippen LogP contribution >= 0.6 is 11.6 Å². The van der Waals surface area contributed by atoms with Crippen LogP contribution in [0.15, 0.2) is 24.5 Å². The number of nitrogens with one attached hydrogen (secondary N) is 1. The molecule has 3 aromatic rings. The first-order valence-corrected chi connectivity index (χ1v) is 13.6. The lowest BCUT2D eigenvalue weighted by Crippen LogP contribution is -2.49. The Hall–Kier alpha value is -2.43. The summed E-state index contributed by atoms with van der Waals surface area (Å²) < 4.78 is 26.1. The average molecular weight is 544 g/mol. The molecule has 2 aliphatic heterocycles. The zero-order valence-corrected chi connectivity index (χ0v) is 23.0. The van der Waals surface area contributed by atoms with Crippen molar-refractivity contribution < 1.29 is 19.0 Å². The van der Waals surface area contributed by atoms with E-state index in [9.17, 15) is 5.11 Å². The van der Waals surface area contributed by atoms with Gasteiger partial charge in [0.05, 0.1) is 48.7 Å². The molecule has 8 nitrogen and oxygen atoms in total. The van der Waals surface area contributed by atoms with Crippen LogP contribution in [0, 0.1) is 5.82 Å². The predicted molar refractivity (Wildman–Crippen MR) is 146 cm³/mol. The second-order valence-electron chi connectivity index (χ2n) is 10.7.